The summed E-state index contributed by atoms with van der Waals surface area (Å²) >= 11 is 1.73. The van der Waals surface area contributed by atoms with E-state index in [1.54, 1.807) is 11.8 Å². The molecule has 0 fully saturated rings. The van der Waals surface area contributed by atoms with Gasteiger partial charge in [0, 0.05) is 10.6 Å². The molecule has 3 aromatic rings. The lowest BCUT2D eigenvalue weighted by molar-refractivity contribution is -0.139. The number of hydrogen-bond donors (Lipinski definition) is 1. The number of carboxylic acids is 1. The van der Waals surface area contributed by atoms with E-state index in [-0.39, 0.29) is 6.61 Å². The first kappa shape index (κ1) is 22.5. The predicted molar refractivity (Wildman–Crippen MR) is 126 cm³/mol. The summed E-state index contributed by atoms with van der Waals surface area (Å²) in [6, 6.07) is 24.2. The van der Waals surface area contributed by atoms with Crippen LogP contribution in [0, 0.1) is 6.92 Å². The van der Waals surface area contributed by atoms with Crippen LogP contribution >= 0.6 is 11.8 Å². The first-order chi connectivity index (χ1) is 15.1. The Morgan fingerprint density at radius 1 is 0.935 bits per heavy atom. The molecule has 3 aromatic carbocycles. The van der Waals surface area contributed by atoms with Crippen molar-refractivity contribution in [2.24, 2.45) is 0 Å². The lowest BCUT2D eigenvalue weighted by Crippen LogP contribution is -2.09. The SMILES string of the molecule is CCOc1cccc(/C(=C\CSc2ccc(OCC(=O)O)cc2C)c2ccccc2)c1. The highest BCUT2D eigenvalue weighted by atomic mass is 32.2. The van der Waals surface area contributed by atoms with Gasteiger partial charge in [-0.3, -0.25) is 0 Å². The van der Waals surface area contributed by atoms with Crippen molar-refractivity contribution in [3.05, 3.63) is 95.6 Å². The van der Waals surface area contributed by atoms with E-state index in [0.717, 1.165) is 38.7 Å². The summed E-state index contributed by atoms with van der Waals surface area (Å²) in [4.78, 5) is 11.8. The van der Waals surface area contributed by atoms with Crippen molar-refractivity contribution in [1.82, 2.24) is 0 Å². The summed E-state index contributed by atoms with van der Waals surface area (Å²) in [5, 5.41) is 8.76. The second-order valence-electron chi connectivity index (χ2n) is 6.87. The van der Waals surface area contributed by atoms with Crippen molar-refractivity contribution in [3.8, 4) is 11.5 Å². The quantitative estimate of drug-likeness (QED) is 0.392. The Morgan fingerprint density at radius 3 is 2.39 bits per heavy atom. The molecule has 0 aromatic heterocycles. The molecule has 0 saturated heterocycles. The molecule has 0 aliphatic heterocycles. The summed E-state index contributed by atoms with van der Waals surface area (Å²) in [6.45, 7) is 4.28. The van der Waals surface area contributed by atoms with Gasteiger partial charge in [0.1, 0.15) is 11.5 Å². The van der Waals surface area contributed by atoms with E-state index < -0.39 is 5.97 Å². The van der Waals surface area contributed by atoms with Gasteiger partial charge in [0.15, 0.2) is 6.61 Å². The molecule has 0 heterocycles. The number of carboxylic acid groups (broad SMARTS) is 1. The number of benzene rings is 3. The molecule has 0 atom stereocenters. The molecule has 0 saturated carbocycles. The van der Waals surface area contributed by atoms with Gasteiger partial charge in [-0.2, -0.15) is 0 Å². The van der Waals surface area contributed by atoms with E-state index >= 15 is 0 Å². The van der Waals surface area contributed by atoms with Crippen LogP contribution in [-0.2, 0) is 4.79 Å². The molecule has 0 bridgehead atoms. The van der Waals surface area contributed by atoms with Gasteiger partial charge >= 0.3 is 5.97 Å². The van der Waals surface area contributed by atoms with E-state index in [4.69, 9.17) is 14.6 Å². The van der Waals surface area contributed by atoms with Crippen LogP contribution in [0.1, 0.15) is 23.6 Å². The zero-order valence-electron chi connectivity index (χ0n) is 17.7. The van der Waals surface area contributed by atoms with Gasteiger partial charge in [-0.1, -0.05) is 48.5 Å². The Balaban J connectivity index is 1.79. The van der Waals surface area contributed by atoms with Gasteiger partial charge in [-0.25, -0.2) is 4.79 Å². The van der Waals surface area contributed by atoms with Crippen LogP contribution in [0.2, 0.25) is 0 Å². The lowest BCUT2D eigenvalue weighted by atomic mass is 9.98. The normalized spacial score (nSPS) is 11.2. The Hall–Kier alpha value is -3.18. The smallest absolute Gasteiger partial charge is 0.341 e. The first-order valence-electron chi connectivity index (χ1n) is 10.1. The van der Waals surface area contributed by atoms with Crippen molar-refractivity contribution < 1.29 is 19.4 Å². The third-order valence-electron chi connectivity index (χ3n) is 4.58. The van der Waals surface area contributed by atoms with Gasteiger partial charge in [-0.05, 0) is 66.4 Å². The molecule has 3 rings (SSSR count). The summed E-state index contributed by atoms with van der Waals surface area (Å²) in [7, 11) is 0. The third-order valence-corrected chi connectivity index (χ3v) is 5.68. The fourth-order valence-electron chi connectivity index (χ4n) is 3.17. The van der Waals surface area contributed by atoms with E-state index in [1.165, 1.54) is 0 Å². The Bertz CT molecular complexity index is 1040. The minimum absolute atomic E-state index is 0.337. The molecule has 0 aliphatic carbocycles. The summed E-state index contributed by atoms with van der Waals surface area (Å²) < 4.78 is 10.9. The average molecular weight is 435 g/mol. The van der Waals surface area contributed by atoms with Gasteiger partial charge in [0.25, 0.3) is 0 Å². The maximum atomic E-state index is 10.7. The van der Waals surface area contributed by atoms with E-state index in [0.29, 0.717) is 12.4 Å². The Labute approximate surface area is 187 Å². The largest absolute Gasteiger partial charge is 0.494 e. The monoisotopic (exact) mass is 434 g/mol. The lowest BCUT2D eigenvalue weighted by Gasteiger charge is -2.12. The van der Waals surface area contributed by atoms with Crippen LogP contribution < -0.4 is 9.47 Å². The second kappa shape index (κ2) is 11.3. The Morgan fingerprint density at radius 2 is 1.68 bits per heavy atom. The van der Waals surface area contributed by atoms with Crippen LogP contribution in [0.15, 0.2) is 83.8 Å². The molecule has 0 spiro atoms. The molecule has 31 heavy (non-hydrogen) atoms. The molecule has 0 amide bonds. The molecular formula is C26H26O4S. The minimum atomic E-state index is -0.983. The zero-order valence-corrected chi connectivity index (χ0v) is 18.5. The summed E-state index contributed by atoms with van der Waals surface area (Å²) in [5.74, 6) is 1.24. The maximum absolute atomic E-state index is 10.7. The van der Waals surface area contributed by atoms with Gasteiger partial charge < -0.3 is 14.6 Å². The van der Waals surface area contributed by atoms with Gasteiger partial charge in [0.05, 0.1) is 6.61 Å². The fourth-order valence-corrected chi connectivity index (χ4v) is 4.05. The van der Waals surface area contributed by atoms with E-state index in [9.17, 15) is 4.79 Å². The zero-order chi connectivity index (χ0) is 22.1. The maximum Gasteiger partial charge on any atom is 0.341 e. The summed E-state index contributed by atoms with van der Waals surface area (Å²) in [6.07, 6.45) is 2.24. The number of ether oxygens (including phenoxy) is 2. The van der Waals surface area contributed by atoms with Crippen molar-refractivity contribution in [3.63, 3.8) is 0 Å². The van der Waals surface area contributed by atoms with Gasteiger partial charge in [-0.15, -0.1) is 11.8 Å². The van der Waals surface area contributed by atoms with Crippen molar-refractivity contribution >= 4 is 23.3 Å². The number of aliphatic carboxylic acids is 1. The first-order valence-corrected chi connectivity index (χ1v) is 11.1. The molecule has 4 nitrogen and oxygen atoms in total. The fraction of sp³-hybridized carbons (Fsp3) is 0.192. The topological polar surface area (TPSA) is 55.8 Å². The highest BCUT2D eigenvalue weighted by Gasteiger charge is 2.08. The molecule has 5 heteroatoms. The van der Waals surface area contributed by atoms with E-state index in [2.05, 4.69) is 30.3 Å². The van der Waals surface area contributed by atoms with Crippen LogP contribution in [0.3, 0.4) is 0 Å². The molecule has 0 unspecified atom stereocenters. The van der Waals surface area contributed by atoms with Crippen LogP contribution in [0.5, 0.6) is 11.5 Å². The van der Waals surface area contributed by atoms with Crippen LogP contribution in [-0.4, -0.2) is 30.0 Å². The van der Waals surface area contributed by atoms with E-state index in [1.807, 2.05) is 62.4 Å². The molecule has 160 valence electrons. The highest BCUT2D eigenvalue weighted by molar-refractivity contribution is 7.99. The third kappa shape index (κ3) is 6.66. The molecule has 0 aliphatic rings. The van der Waals surface area contributed by atoms with Crippen LogP contribution in [0.4, 0.5) is 0 Å². The number of hydrogen-bond acceptors (Lipinski definition) is 4. The van der Waals surface area contributed by atoms with Crippen molar-refractivity contribution in [2.45, 2.75) is 18.7 Å². The number of aryl methyl sites for hydroxylation is 1. The standard InChI is InChI=1S/C26H26O4S/c1-3-29-22-11-7-10-21(17-22)24(20-8-5-4-6-9-20)14-15-31-25-13-12-23(16-19(25)2)30-18-26(27)28/h4-14,16-17H,3,15,18H2,1-2H3,(H,27,28)/b24-14-. The van der Waals surface area contributed by atoms with Crippen molar-refractivity contribution in [1.29, 1.82) is 0 Å². The number of thioether (sulfide) groups is 1. The molecular weight excluding hydrogens is 408 g/mol. The average Bonchev–Trinajstić information content (AvgIpc) is 2.77. The number of rotatable bonds is 10. The summed E-state index contributed by atoms with van der Waals surface area (Å²) in [5.41, 5.74) is 4.49. The highest BCUT2D eigenvalue weighted by Crippen LogP contribution is 2.30. The number of carbonyl (C=O) groups is 1. The van der Waals surface area contributed by atoms with Crippen LogP contribution in [0.25, 0.3) is 5.57 Å². The van der Waals surface area contributed by atoms with Crippen molar-refractivity contribution in [2.75, 3.05) is 19.0 Å². The predicted octanol–water partition coefficient (Wildman–Crippen LogP) is 6.08. The second-order valence-corrected chi connectivity index (χ2v) is 7.93. The molecule has 1 N–H and O–H groups in total. The van der Waals surface area contributed by atoms with Gasteiger partial charge in [0.2, 0.25) is 0 Å². The molecule has 0 radical (unpaired) electrons. The minimum Gasteiger partial charge on any atom is -0.494 e. The Kier molecular flexibility index (Phi) is 8.19.